The first kappa shape index (κ1) is 7.98. The van der Waals surface area contributed by atoms with Crippen molar-refractivity contribution in [2.45, 2.75) is 18.9 Å². The maximum atomic E-state index is 9.20. The molecule has 0 aromatic carbocycles. The van der Waals surface area contributed by atoms with Gasteiger partial charge in [0.15, 0.2) is 0 Å². The van der Waals surface area contributed by atoms with Crippen LogP contribution in [-0.2, 0) is 0 Å². The number of rotatable bonds is 2. The third-order valence-electron chi connectivity index (χ3n) is 2.12. The third-order valence-corrected chi connectivity index (χ3v) is 2.12. The molecule has 1 rings (SSSR count). The second-order valence-electron chi connectivity index (χ2n) is 2.84. The molecule has 0 spiro atoms. The van der Waals surface area contributed by atoms with Crippen molar-refractivity contribution in [2.24, 2.45) is 5.92 Å². The largest absolute Gasteiger partial charge is 0.394 e. The quantitative estimate of drug-likeness (QED) is 0.483. The molecule has 3 nitrogen and oxygen atoms in total. The molecule has 0 saturated carbocycles. The van der Waals surface area contributed by atoms with E-state index in [0.717, 1.165) is 25.9 Å². The molecule has 0 radical (unpaired) electrons. The minimum absolute atomic E-state index is 0.0926. The lowest BCUT2D eigenvalue weighted by atomic mass is 9.93. The van der Waals surface area contributed by atoms with Crippen LogP contribution >= 0.6 is 0 Å². The Morgan fingerprint density at radius 3 is 2.50 bits per heavy atom. The van der Waals surface area contributed by atoms with Gasteiger partial charge in [-0.2, -0.15) is 0 Å². The molecular weight excluding hydrogens is 130 g/mol. The minimum atomic E-state index is -0.498. The van der Waals surface area contributed by atoms with Gasteiger partial charge >= 0.3 is 0 Å². The molecule has 1 aliphatic rings. The highest BCUT2D eigenvalue weighted by Crippen LogP contribution is 2.15. The van der Waals surface area contributed by atoms with Crippen molar-refractivity contribution >= 4 is 0 Å². The fraction of sp³-hybridized carbons (Fsp3) is 1.00. The zero-order chi connectivity index (χ0) is 7.40. The van der Waals surface area contributed by atoms with E-state index in [0.29, 0.717) is 5.92 Å². The highest BCUT2D eigenvalue weighted by atomic mass is 16.3. The molecule has 3 heteroatoms. The van der Waals surface area contributed by atoms with Crippen molar-refractivity contribution < 1.29 is 10.2 Å². The first-order valence-electron chi connectivity index (χ1n) is 3.84. The molecule has 1 fully saturated rings. The highest BCUT2D eigenvalue weighted by molar-refractivity contribution is 4.74. The summed E-state index contributed by atoms with van der Waals surface area (Å²) in [6, 6.07) is 0. The molecule has 0 aliphatic carbocycles. The van der Waals surface area contributed by atoms with Crippen LogP contribution in [-0.4, -0.2) is 36.0 Å². The van der Waals surface area contributed by atoms with Crippen molar-refractivity contribution in [1.29, 1.82) is 0 Å². The first-order chi connectivity index (χ1) is 4.84. The van der Waals surface area contributed by atoms with E-state index in [-0.39, 0.29) is 6.61 Å². The highest BCUT2D eigenvalue weighted by Gasteiger charge is 2.19. The van der Waals surface area contributed by atoms with Crippen LogP contribution in [0, 0.1) is 5.92 Å². The molecule has 1 heterocycles. The van der Waals surface area contributed by atoms with Crippen molar-refractivity contribution in [3.8, 4) is 0 Å². The van der Waals surface area contributed by atoms with E-state index in [9.17, 15) is 5.11 Å². The van der Waals surface area contributed by atoms with E-state index in [4.69, 9.17) is 5.11 Å². The summed E-state index contributed by atoms with van der Waals surface area (Å²) >= 11 is 0. The van der Waals surface area contributed by atoms with Crippen molar-refractivity contribution in [3.63, 3.8) is 0 Å². The van der Waals surface area contributed by atoms with Crippen LogP contribution in [0.1, 0.15) is 12.8 Å². The summed E-state index contributed by atoms with van der Waals surface area (Å²) in [6.45, 7) is 1.86. The molecule has 0 unspecified atom stereocenters. The van der Waals surface area contributed by atoms with E-state index < -0.39 is 6.10 Å². The number of piperidine rings is 1. The molecule has 0 aromatic heterocycles. The second-order valence-corrected chi connectivity index (χ2v) is 2.84. The topological polar surface area (TPSA) is 52.5 Å². The van der Waals surface area contributed by atoms with Gasteiger partial charge in [-0.1, -0.05) is 0 Å². The normalized spacial score (nSPS) is 24.6. The van der Waals surface area contributed by atoms with Crippen molar-refractivity contribution in [3.05, 3.63) is 0 Å². The van der Waals surface area contributed by atoms with E-state index in [1.165, 1.54) is 0 Å². The second kappa shape index (κ2) is 3.91. The fourth-order valence-electron chi connectivity index (χ4n) is 1.38. The molecule has 0 aromatic rings. The molecule has 3 N–H and O–H groups in total. The van der Waals surface area contributed by atoms with Gasteiger partial charge in [0.25, 0.3) is 0 Å². The zero-order valence-electron chi connectivity index (χ0n) is 6.08. The van der Waals surface area contributed by atoms with Crippen molar-refractivity contribution in [2.75, 3.05) is 19.7 Å². The Morgan fingerprint density at radius 2 is 2.00 bits per heavy atom. The fourth-order valence-corrected chi connectivity index (χ4v) is 1.38. The Bertz CT molecular complexity index is 91.6. The third kappa shape index (κ3) is 1.94. The number of nitrogens with one attached hydrogen (secondary N) is 1. The molecule has 1 aliphatic heterocycles. The van der Waals surface area contributed by atoms with E-state index in [1.54, 1.807) is 0 Å². The predicted octanol–water partition coefficient (Wildman–Crippen LogP) is -0.661. The van der Waals surface area contributed by atoms with Crippen LogP contribution in [0.4, 0.5) is 0 Å². The summed E-state index contributed by atoms with van der Waals surface area (Å²) < 4.78 is 0. The summed E-state index contributed by atoms with van der Waals surface area (Å²) in [6.07, 6.45) is 1.48. The molecule has 10 heavy (non-hydrogen) atoms. The summed E-state index contributed by atoms with van der Waals surface area (Å²) in [5.74, 6) is 0.311. The lowest BCUT2D eigenvalue weighted by molar-refractivity contribution is 0.0352. The van der Waals surface area contributed by atoms with Gasteiger partial charge in [-0.3, -0.25) is 0 Å². The molecule has 0 amide bonds. The molecule has 1 saturated heterocycles. The van der Waals surface area contributed by atoms with Crippen LogP contribution < -0.4 is 5.32 Å². The van der Waals surface area contributed by atoms with Gasteiger partial charge in [-0.25, -0.2) is 0 Å². The molecular formula is C7H15NO2. The summed E-state index contributed by atoms with van der Waals surface area (Å²) in [5, 5.41) is 21.0. The number of aliphatic hydroxyl groups excluding tert-OH is 2. The number of aliphatic hydroxyl groups is 2. The van der Waals surface area contributed by atoms with Crippen LogP contribution in [0.5, 0.6) is 0 Å². The molecule has 1 atom stereocenters. The van der Waals surface area contributed by atoms with Crippen LogP contribution in [0.15, 0.2) is 0 Å². The SMILES string of the molecule is OC[C@@H](O)C1CCNCC1. The first-order valence-corrected chi connectivity index (χ1v) is 3.84. The Labute approximate surface area is 61.1 Å². The van der Waals surface area contributed by atoms with Crippen LogP contribution in [0.2, 0.25) is 0 Å². The standard InChI is InChI=1S/C7H15NO2/c9-5-7(10)6-1-3-8-4-2-6/h6-10H,1-5H2/t7-/m1/s1. The number of hydrogen-bond acceptors (Lipinski definition) is 3. The Morgan fingerprint density at radius 1 is 1.40 bits per heavy atom. The van der Waals surface area contributed by atoms with Gasteiger partial charge in [-0.15, -0.1) is 0 Å². The average Bonchev–Trinajstić information content (AvgIpc) is 2.05. The van der Waals surface area contributed by atoms with E-state index in [1.807, 2.05) is 0 Å². The minimum Gasteiger partial charge on any atom is -0.394 e. The van der Waals surface area contributed by atoms with Gasteiger partial charge < -0.3 is 15.5 Å². The maximum absolute atomic E-state index is 9.20. The van der Waals surface area contributed by atoms with Gasteiger partial charge in [-0.05, 0) is 31.8 Å². The van der Waals surface area contributed by atoms with Gasteiger partial charge in [0.1, 0.15) is 0 Å². The zero-order valence-corrected chi connectivity index (χ0v) is 6.08. The lowest BCUT2D eigenvalue weighted by Gasteiger charge is -2.25. The lowest BCUT2D eigenvalue weighted by Crippen LogP contribution is -2.35. The van der Waals surface area contributed by atoms with E-state index >= 15 is 0 Å². The predicted molar refractivity (Wildman–Crippen MR) is 38.7 cm³/mol. The summed E-state index contributed by atoms with van der Waals surface area (Å²) in [5.41, 5.74) is 0. The Hall–Kier alpha value is -0.120. The van der Waals surface area contributed by atoms with Crippen molar-refractivity contribution in [1.82, 2.24) is 5.32 Å². The van der Waals surface area contributed by atoms with Crippen LogP contribution in [0.25, 0.3) is 0 Å². The molecule has 0 bridgehead atoms. The summed E-state index contributed by atoms with van der Waals surface area (Å²) in [7, 11) is 0. The molecule has 60 valence electrons. The van der Waals surface area contributed by atoms with Gasteiger partial charge in [0, 0.05) is 0 Å². The smallest absolute Gasteiger partial charge is 0.0799 e. The van der Waals surface area contributed by atoms with Gasteiger partial charge in [0.05, 0.1) is 12.7 Å². The Kier molecular flexibility index (Phi) is 3.12. The summed E-state index contributed by atoms with van der Waals surface area (Å²) in [4.78, 5) is 0. The number of hydrogen-bond donors (Lipinski definition) is 3. The average molecular weight is 145 g/mol. The van der Waals surface area contributed by atoms with Gasteiger partial charge in [0.2, 0.25) is 0 Å². The Balaban J connectivity index is 2.24. The monoisotopic (exact) mass is 145 g/mol. The van der Waals surface area contributed by atoms with Crippen LogP contribution in [0.3, 0.4) is 0 Å². The maximum Gasteiger partial charge on any atom is 0.0799 e. The van der Waals surface area contributed by atoms with E-state index in [2.05, 4.69) is 5.32 Å².